The SMILES string of the molecule is COC(=O)[C@@H]1[C@H]2C[C@H]3c4ccccc4N(Cc4cccc(F)c4)C(=O)CCN3C[C@@H]2CC[C@@H]1OCc1cccc(F)c1. The van der Waals surface area contributed by atoms with Crippen LogP contribution in [-0.4, -0.2) is 43.1 Å². The van der Waals surface area contributed by atoms with E-state index in [1.54, 1.807) is 17.0 Å². The van der Waals surface area contributed by atoms with Crippen molar-refractivity contribution in [2.24, 2.45) is 17.8 Å². The summed E-state index contributed by atoms with van der Waals surface area (Å²) < 4.78 is 39.4. The number of para-hydroxylation sites is 1. The van der Waals surface area contributed by atoms with Gasteiger partial charge in [-0.2, -0.15) is 0 Å². The molecule has 0 unspecified atom stereocenters. The molecule has 2 heterocycles. The highest BCUT2D eigenvalue weighted by Gasteiger charge is 2.50. The van der Waals surface area contributed by atoms with E-state index in [2.05, 4.69) is 11.0 Å². The van der Waals surface area contributed by atoms with E-state index in [0.717, 1.165) is 41.8 Å². The van der Waals surface area contributed by atoms with Crippen molar-refractivity contribution in [1.29, 1.82) is 0 Å². The average Bonchev–Trinajstić information content (AvgIpc) is 3.00. The monoisotopic (exact) mass is 574 g/mol. The lowest BCUT2D eigenvalue weighted by molar-refractivity contribution is -0.165. The Kier molecular flexibility index (Phi) is 8.36. The molecule has 3 aromatic rings. The molecular weight excluding hydrogens is 538 g/mol. The molecule has 1 amide bonds. The molecule has 8 heteroatoms. The zero-order valence-electron chi connectivity index (χ0n) is 23.8. The lowest BCUT2D eigenvalue weighted by Gasteiger charge is -2.51. The van der Waals surface area contributed by atoms with Gasteiger partial charge in [-0.3, -0.25) is 14.5 Å². The van der Waals surface area contributed by atoms with Gasteiger partial charge in [0.05, 0.1) is 32.3 Å². The molecule has 2 aliphatic heterocycles. The van der Waals surface area contributed by atoms with Crippen LogP contribution in [-0.2, 0) is 32.2 Å². The second-order valence-electron chi connectivity index (χ2n) is 11.7. The number of anilines is 1. The number of nitrogens with zero attached hydrogens (tertiary/aromatic N) is 2. The van der Waals surface area contributed by atoms with E-state index in [0.29, 0.717) is 19.4 Å². The van der Waals surface area contributed by atoms with Crippen LogP contribution in [0.5, 0.6) is 0 Å². The second-order valence-corrected chi connectivity index (χ2v) is 11.7. The summed E-state index contributed by atoms with van der Waals surface area (Å²) in [7, 11) is 1.42. The number of ether oxygens (including phenoxy) is 2. The minimum absolute atomic E-state index is 0.000292. The highest BCUT2D eigenvalue weighted by atomic mass is 19.1. The van der Waals surface area contributed by atoms with E-state index in [4.69, 9.17) is 9.47 Å². The molecule has 3 aromatic carbocycles. The number of carbonyl (C=O) groups is 2. The Morgan fingerprint density at radius 2 is 1.69 bits per heavy atom. The van der Waals surface area contributed by atoms with Crippen molar-refractivity contribution in [2.45, 2.75) is 51.0 Å². The number of rotatable bonds is 6. The van der Waals surface area contributed by atoms with Crippen LogP contribution in [0.2, 0.25) is 0 Å². The maximum Gasteiger partial charge on any atom is 0.311 e. The van der Waals surface area contributed by atoms with Crippen molar-refractivity contribution >= 4 is 17.6 Å². The summed E-state index contributed by atoms with van der Waals surface area (Å²) in [6.45, 7) is 1.91. The molecule has 6 rings (SSSR count). The first-order valence-electron chi connectivity index (χ1n) is 14.7. The van der Waals surface area contributed by atoms with Gasteiger partial charge in [0.15, 0.2) is 0 Å². The third kappa shape index (κ3) is 5.83. The summed E-state index contributed by atoms with van der Waals surface area (Å²) in [6, 6.07) is 20.7. The molecule has 42 heavy (non-hydrogen) atoms. The summed E-state index contributed by atoms with van der Waals surface area (Å²) >= 11 is 0. The van der Waals surface area contributed by atoms with Gasteiger partial charge in [-0.1, -0.05) is 42.5 Å². The minimum Gasteiger partial charge on any atom is -0.469 e. The van der Waals surface area contributed by atoms with Gasteiger partial charge in [-0.25, -0.2) is 8.78 Å². The molecule has 1 saturated carbocycles. The van der Waals surface area contributed by atoms with E-state index in [1.807, 2.05) is 30.3 Å². The van der Waals surface area contributed by atoms with E-state index in [1.165, 1.54) is 31.4 Å². The predicted octanol–water partition coefficient (Wildman–Crippen LogP) is 6.05. The largest absolute Gasteiger partial charge is 0.469 e. The molecule has 6 nitrogen and oxygen atoms in total. The van der Waals surface area contributed by atoms with Gasteiger partial charge in [-0.05, 0) is 78.1 Å². The second kappa shape index (κ2) is 12.3. The van der Waals surface area contributed by atoms with Crippen LogP contribution in [0.1, 0.15) is 48.4 Å². The van der Waals surface area contributed by atoms with Crippen molar-refractivity contribution in [3.8, 4) is 0 Å². The molecule has 1 saturated heterocycles. The van der Waals surface area contributed by atoms with E-state index < -0.39 is 5.92 Å². The van der Waals surface area contributed by atoms with Crippen molar-refractivity contribution < 1.29 is 27.8 Å². The fourth-order valence-electron chi connectivity index (χ4n) is 7.31. The lowest BCUT2D eigenvalue weighted by Crippen LogP contribution is -2.53. The molecule has 0 spiro atoms. The number of halogens is 2. The molecule has 3 aliphatic rings. The van der Waals surface area contributed by atoms with E-state index >= 15 is 0 Å². The van der Waals surface area contributed by atoms with Crippen LogP contribution in [0, 0.1) is 29.4 Å². The van der Waals surface area contributed by atoms with Gasteiger partial charge in [0, 0.05) is 31.2 Å². The zero-order valence-corrected chi connectivity index (χ0v) is 23.8. The number of methoxy groups -OCH3 is 1. The standard InChI is InChI=1S/C34H36F2N2O4/c1-41-34(40)33-28-18-30-27-10-2-3-11-29(27)38(19-22-6-4-8-25(35)16-22)32(39)14-15-37(30)20-24(28)12-13-31(33)42-21-23-7-5-9-26(36)17-23/h2-11,16-17,24,28,30-31,33H,12-15,18-21H2,1H3/t24-,28-,30-,31-,33+/m0/s1. The van der Waals surface area contributed by atoms with Gasteiger partial charge < -0.3 is 14.4 Å². The van der Waals surface area contributed by atoms with Gasteiger partial charge in [0.2, 0.25) is 5.91 Å². The van der Waals surface area contributed by atoms with Crippen molar-refractivity contribution in [1.82, 2.24) is 4.90 Å². The van der Waals surface area contributed by atoms with Crippen LogP contribution >= 0.6 is 0 Å². The van der Waals surface area contributed by atoms with Crippen LogP contribution < -0.4 is 4.90 Å². The van der Waals surface area contributed by atoms with Crippen LogP contribution in [0.4, 0.5) is 14.5 Å². The number of benzene rings is 3. The summed E-state index contributed by atoms with van der Waals surface area (Å²) in [5, 5.41) is 0. The normalized spacial score (nSPS) is 25.9. The van der Waals surface area contributed by atoms with Gasteiger partial charge in [0.1, 0.15) is 11.6 Å². The Morgan fingerprint density at radius 3 is 2.45 bits per heavy atom. The summed E-state index contributed by atoms with van der Waals surface area (Å²) in [5.41, 5.74) is 3.32. The van der Waals surface area contributed by atoms with Crippen molar-refractivity contribution in [3.63, 3.8) is 0 Å². The van der Waals surface area contributed by atoms with Crippen LogP contribution in [0.15, 0.2) is 72.8 Å². The smallest absolute Gasteiger partial charge is 0.311 e. The van der Waals surface area contributed by atoms with Gasteiger partial charge in [-0.15, -0.1) is 0 Å². The Morgan fingerprint density at radius 1 is 0.952 bits per heavy atom. The molecule has 0 N–H and O–H groups in total. The third-order valence-corrected chi connectivity index (χ3v) is 9.25. The van der Waals surface area contributed by atoms with Gasteiger partial charge in [0.25, 0.3) is 0 Å². The number of fused-ring (bicyclic) bond motifs is 4. The predicted molar refractivity (Wildman–Crippen MR) is 154 cm³/mol. The van der Waals surface area contributed by atoms with Gasteiger partial charge >= 0.3 is 5.97 Å². The molecule has 0 bridgehead atoms. The number of carbonyl (C=O) groups excluding carboxylic acids is 2. The molecule has 0 aromatic heterocycles. The lowest BCUT2D eigenvalue weighted by atomic mass is 9.65. The Hall–Kier alpha value is -3.62. The fourth-order valence-corrected chi connectivity index (χ4v) is 7.31. The Bertz CT molecular complexity index is 1450. The van der Waals surface area contributed by atoms with E-state index in [9.17, 15) is 18.4 Å². The number of esters is 1. The first-order valence-corrected chi connectivity index (χ1v) is 14.7. The number of hydrogen-bond donors (Lipinski definition) is 0. The summed E-state index contributed by atoms with van der Waals surface area (Å²) in [5.74, 6) is -1.05. The fraction of sp³-hybridized carbons (Fsp3) is 0.412. The highest BCUT2D eigenvalue weighted by Crippen LogP contribution is 2.49. The molecule has 2 fully saturated rings. The van der Waals surface area contributed by atoms with E-state index in [-0.39, 0.29) is 60.6 Å². The number of hydrogen-bond acceptors (Lipinski definition) is 5. The Labute approximate surface area is 245 Å². The topological polar surface area (TPSA) is 59.1 Å². The third-order valence-electron chi connectivity index (χ3n) is 9.25. The highest BCUT2D eigenvalue weighted by molar-refractivity contribution is 5.94. The number of piperidine rings is 1. The quantitative estimate of drug-likeness (QED) is 0.336. The summed E-state index contributed by atoms with van der Waals surface area (Å²) in [6.07, 6.45) is 2.37. The maximum atomic E-state index is 14.0. The molecule has 5 atom stereocenters. The van der Waals surface area contributed by atoms with Crippen LogP contribution in [0.3, 0.4) is 0 Å². The zero-order chi connectivity index (χ0) is 29.2. The molecule has 0 radical (unpaired) electrons. The molecule has 220 valence electrons. The minimum atomic E-state index is -0.438. The number of amides is 1. The summed E-state index contributed by atoms with van der Waals surface area (Å²) in [4.78, 5) is 31.0. The molecular formula is C34H36F2N2O4. The maximum absolute atomic E-state index is 14.0. The molecule has 1 aliphatic carbocycles. The Balaban J connectivity index is 1.29. The van der Waals surface area contributed by atoms with Crippen molar-refractivity contribution in [3.05, 3.63) is 101 Å². The first kappa shape index (κ1) is 28.5. The van der Waals surface area contributed by atoms with Crippen LogP contribution in [0.25, 0.3) is 0 Å². The van der Waals surface area contributed by atoms with Crippen molar-refractivity contribution in [2.75, 3.05) is 25.1 Å². The average molecular weight is 575 g/mol. The first-order chi connectivity index (χ1) is 20.4.